The lowest BCUT2D eigenvalue weighted by molar-refractivity contribution is 0.0844. The summed E-state index contributed by atoms with van der Waals surface area (Å²) in [5.41, 5.74) is 3.50. The van der Waals surface area contributed by atoms with Crippen LogP contribution in [0.2, 0.25) is 25.7 Å². The highest BCUT2D eigenvalue weighted by Gasteiger charge is 2.17. The Morgan fingerprint density at radius 3 is 2.64 bits per heavy atom. The third-order valence-corrected chi connectivity index (χ3v) is 7.98. The van der Waals surface area contributed by atoms with Gasteiger partial charge >= 0.3 is 0 Å². The Labute approximate surface area is 196 Å². The first-order valence-corrected chi connectivity index (χ1v) is 15.7. The molecule has 4 rings (SSSR count). The van der Waals surface area contributed by atoms with Crippen molar-refractivity contribution in [3.8, 4) is 0 Å². The van der Waals surface area contributed by atoms with E-state index in [0.29, 0.717) is 30.0 Å². The SMILES string of the molecule is C[Si](C)(C)CCOCn1cnc2cc(NCc3cnc(C4CCCCC4)cn3)ccc2c1=O. The largest absolute Gasteiger partial charge is 0.379 e. The number of hydrogen-bond acceptors (Lipinski definition) is 6. The van der Waals surface area contributed by atoms with Gasteiger partial charge in [-0.3, -0.25) is 19.3 Å². The first-order valence-electron chi connectivity index (χ1n) is 12.0. The van der Waals surface area contributed by atoms with Gasteiger partial charge in [0, 0.05) is 32.5 Å². The number of hydrogen-bond donors (Lipinski definition) is 1. The van der Waals surface area contributed by atoms with Crippen LogP contribution in [0.3, 0.4) is 0 Å². The maximum absolute atomic E-state index is 12.8. The van der Waals surface area contributed by atoms with Gasteiger partial charge in [0.05, 0.1) is 35.0 Å². The van der Waals surface area contributed by atoms with Crippen LogP contribution in [0.1, 0.15) is 49.4 Å². The zero-order valence-corrected chi connectivity index (χ0v) is 21.0. The number of benzene rings is 1. The predicted octanol–water partition coefficient (Wildman–Crippen LogP) is 5.16. The van der Waals surface area contributed by atoms with Crippen molar-refractivity contribution in [2.24, 2.45) is 0 Å². The average Bonchev–Trinajstić information content (AvgIpc) is 2.82. The molecule has 1 fully saturated rings. The Bertz CT molecular complexity index is 1120. The van der Waals surface area contributed by atoms with E-state index in [9.17, 15) is 4.79 Å². The third kappa shape index (κ3) is 6.48. The summed E-state index contributed by atoms with van der Waals surface area (Å²) in [4.78, 5) is 26.5. The van der Waals surface area contributed by atoms with Crippen LogP contribution in [0.15, 0.2) is 41.7 Å². The fourth-order valence-corrected chi connectivity index (χ4v) is 4.92. The summed E-state index contributed by atoms with van der Waals surface area (Å²) in [5, 5.41) is 3.96. The lowest BCUT2D eigenvalue weighted by Gasteiger charge is -2.20. The van der Waals surface area contributed by atoms with Crippen LogP contribution < -0.4 is 10.9 Å². The minimum absolute atomic E-state index is 0.0799. The first-order chi connectivity index (χ1) is 15.9. The first kappa shape index (κ1) is 23.6. The van der Waals surface area contributed by atoms with Gasteiger partial charge in [-0.05, 0) is 37.1 Å². The van der Waals surface area contributed by atoms with E-state index in [-0.39, 0.29) is 12.3 Å². The Morgan fingerprint density at radius 1 is 1.09 bits per heavy atom. The van der Waals surface area contributed by atoms with Gasteiger partial charge in [0.2, 0.25) is 0 Å². The van der Waals surface area contributed by atoms with Gasteiger partial charge in [-0.2, -0.15) is 0 Å². The zero-order chi connectivity index (χ0) is 23.3. The second-order valence-electron chi connectivity index (χ2n) is 10.2. The molecular formula is C25H35N5O2Si. The van der Waals surface area contributed by atoms with E-state index < -0.39 is 8.07 Å². The maximum atomic E-state index is 12.8. The van der Waals surface area contributed by atoms with Crippen molar-refractivity contribution in [3.63, 3.8) is 0 Å². The number of ether oxygens (including phenoxy) is 1. The van der Waals surface area contributed by atoms with E-state index >= 15 is 0 Å². The van der Waals surface area contributed by atoms with Crippen molar-refractivity contribution in [1.29, 1.82) is 0 Å². The highest BCUT2D eigenvalue weighted by molar-refractivity contribution is 6.76. The van der Waals surface area contributed by atoms with Gasteiger partial charge in [0.1, 0.15) is 13.1 Å². The molecule has 1 N–H and O–H groups in total. The second-order valence-corrected chi connectivity index (χ2v) is 15.8. The van der Waals surface area contributed by atoms with Crippen LogP contribution in [0, 0.1) is 0 Å². The summed E-state index contributed by atoms with van der Waals surface area (Å²) in [6.45, 7) is 8.42. The number of rotatable bonds is 9. The van der Waals surface area contributed by atoms with Gasteiger partial charge < -0.3 is 10.1 Å². The number of aromatic nitrogens is 4. The highest BCUT2D eigenvalue weighted by Crippen LogP contribution is 2.31. The smallest absolute Gasteiger partial charge is 0.263 e. The summed E-state index contributed by atoms with van der Waals surface area (Å²) < 4.78 is 7.25. The highest BCUT2D eigenvalue weighted by atomic mass is 28.3. The van der Waals surface area contributed by atoms with Crippen molar-refractivity contribution in [1.82, 2.24) is 19.5 Å². The summed E-state index contributed by atoms with van der Waals surface area (Å²) in [7, 11) is -1.15. The molecule has 0 saturated heterocycles. The zero-order valence-electron chi connectivity index (χ0n) is 20.0. The predicted molar refractivity (Wildman–Crippen MR) is 135 cm³/mol. The average molecular weight is 466 g/mol. The molecule has 0 amide bonds. The number of anilines is 1. The van der Waals surface area contributed by atoms with Gasteiger partial charge in [0.15, 0.2) is 0 Å². The monoisotopic (exact) mass is 465 g/mol. The second kappa shape index (κ2) is 10.6. The molecule has 7 nitrogen and oxygen atoms in total. The molecule has 0 aliphatic heterocycles. The molecule has 1 saturated carbocycles. The Morgan fingerprint density at radius 2 is 1.91 bits per heavy atom. The molecule has 33 heavy (non-hydrogen) atoms. The van der Waals surface area contributed by atoms with E-state index in [2.05, 4.69) is 39.9 Å². The van der Waals surface area contributed by atoms with E-state index in [1.807, 2.05) is 30.6 Å². The molecule has 0 unspecified atom stereocenters. The van der Waals surface area contributed by atoms with Gasteiger partial charge in [-0.25, -0.2) is 4.98 Å². The summed E-state index contributed by atoms with van der Waals surface area (Å²) in [6, 6.07) is 6.71. The number of nitrogens with zero attached hydrogens (tertiary/aromatic N) is 4. The number of fused-ring (bicyclic) bond motifs is 1. The van der Waals surface area contributed by atoms with E-state index in [1.54, 1.807) is 6.33 Å². The molecule has 0 spiro atoms. The molecule has 176 valence electrons. The molecule has 1 aliphatic carbocycles. The standard InChI is InChI=1S/C25H35N5O2Si/c1-33(2,3)12-11-32-18-30-17-29-23-13-20(9-10-22(23)25(30)31)26-14-21-15-28-24(16-27-21)19-7-5-4-6-8-19/h9-10,13,15-17,19,26H,4-8,11-12,14,18H2,1-3H3. The lowest BCUT2D eigenvalue weighted by atomic mass is 9.87. The minimum Gasteiger partial charge on any atom is -0.379 e. The molecule has 0 radical (unpaired) electrons. The van der Waals surface area contributed by atoms with Crippen molar-refractivity contribution in [3.05, 3.63) is 58.7 Å². The molecule has 1 aromatic carbocycles. The molecule has 1 aliphatic rings. The molecule has 2 aromatic heterocycles. The van der Waals surface area contributed by atoms with Crippen LogP contribution in [-0.2, 0) is 18.0 Å². The summed E-state index contributed by atoms with van der Waals surface area (Å²) >= 11 is 0. The normalized spacial score (nSPS) is 15.1. The van der Waals surface area contributed by atoms with Crippen LogP contribution >= 0.6 is 0 Å². The number of nitrogens with one attached hydrogen (secondary N) is 1. The lowest BCUT2D eigenvalue weighted by Crippen LogP contribution is -2.25. The van der Waals surface area contributed by atoms with E-state index in [4.69, 9.17) is 4.74 Å². The van der Waals surface area contributed by atoms with Crippen molar-refractivity contribution in [2.75, 3.05) is 11.9 Å². The summed E-state index contributed by atoms with van der Waals surface area (Å²) in [5.74, 6) is 0.564. The van der Waals surface area contributed by atoms with E-state index in [1.165, 1.54) is 36.7 Å². The molecule has 0 bridgehead atoms. The van der Waals surface area contributed by atoms with Crippen LogP contribution in [-0.4, -0.2) is 34.2 Å². The van der Waals surface area contributed by atoms with Crippen LogP contribution in [0.5, 0.6) is 0 Å². The Hall–Kier alpha value is -2.58. The van der Waals surface area contributed by atoms with E-state index in [0.717, 1.165) is 23.1 Å². The van der Waals surface area contributed by atoms with Crippen molar-refractivity contribution >= 4 is 24.7 Å². The quantitative estimate of drug-likeness (QED) is 0.347. The molecule has 2 heterocycles. The Balaban J connectivity index is 1.35. The van der Waals surface area contributed by atoms with Gasteiger partial charge in [-0.1, -0.05) is 38.9 Å². The maximum Gasteiger partial charge on any atom is 0.263 e. The van der Waals surface area contributed by atoms with Crippen molar-refractivity contribution < 1.29 is 4.74 Å². The molecule has 8 heteroatoms. The summed E-state index contributed by atoms with van der Waals surface area (Å²) in [6.07, 6.45) is 11.8. The Kier molecular flexibility index (Phi) is 7.55. The van der Waals surface area contributed by atoms with Crippen LogP contribution in [0.25, 0.3) is 10.9 Å². The fourth-order valence-electron chi connectivity index (χ4n) is 4.16. The van der Waals surface area contributed by atoms with Crippen LogP contribution in [0.4, 0.5) is 5.69 Å². The van der Waals surface area contributed by atoms with Crippen molar-refractivity contribution in [2.45, 2.75) is 77.0 Å². The van der Waals surface area contributed by atoms with Gasteiger partial charge in [0.25, 0.3) is 5.56 Å². The molecular weight excluding hydrogens is 430 g/mol. The minimum atomic E-state index is -1.15. The molecule has 0 atom stereocenters. The third-order valence-electron chi connectivity index (χ3n) is 6.27. The topological polar surface area (TPSA) is 81.9 Å². The fraction of sp³-hybridized carbons (Fsp3) is 0.520. The molecule has 3 aromatic rings. The van der Waals surface area contributed by atoms with Gasteiger partial charge in [-0.15, -0.1) is 0 Å².